The lowest BCUT2D eigenvalue weighted by atomic mass is 10.3. The third-order valence-electron chi connectivity index (χ3n) is 2.73. The molecule has 0 aromatic carbocycles. The Kier molecular flexibility index (Phi) is 4.78. The number of nitrogens with zero attached hydrogens (tertiary/aromatic N) is 1. The molecule has 1 aliphatic heterocycles. The van der Waals surface area contributed by atoms with Crippen LogP contribution in [-0.4, -0.2) is 50.8 Å². The number of carbonyl (C=O) groups is 1. The summed E-state index contributed by atoms with van der Waals surface area (Å²) in [4.78, 5) is 13.4. The van der Waals surface area contributed by atoms with Crippen LogP contribution in [0.15, 0.2) is 11.6 Å². The standard InChI is InChI=1S/C11H19NO3/c1-9(11(13)15-3)4-6-12-7-5-10(8-12)14-2/h4,10H,5-8H2,1-3H3/b9-4-. The largest absolute Gasteiger partial charge is 0.466 e. The van der Waals surface area contributed by atoms with Gasteiger partial charge in [-0.05, 0) is 13.3 Å². The fourth-order valence-corrected chi connectivity index (χ4v) is 1.67. The van der Waals surface area contributed by atoms with Crippen molar-refractivity contribution in [3.8, 4) is 0 Å². The second-order valence-corrected chi connectivity index (χ2v) is 3.78. The Labute approximate surface area is 90.8 Å². The van der Waals surface area contributed by atoms with Crippen molar-refractivity contribution in [1.29, 1.82) is 0 Å². The van der Waals surface area contributed by atoms with Crippen molar-refractivity contribution < 1.29 is 14.3 Å². The van der Waals surface area contributed by atoms with Gasteiger partial charge in [-0.2, -0.15) is 0 Å². The summed E-state index contributed by atoms with van der Waals surface area (Å²) in [6.45, 7) is 4.54. The molecule has 0 saturated carbocycles. The maximum Gasteiger partial charge on any atom is 0.333 e. The average molecular weight is 213 g/mol. The number of likely N-dealkylation sites (tertiary alicyclic amines) is 1. The van der Waals surface area contributed by atoms with Crippen LogP contribution in [0.4, 0.5) is 0 Å². The van der Waals surface area contributed by atoms with Crippen molar-refractivity contribution in [3.05, 3.63) is 11.6 Å². The molecule has 0 radical (unpaired) electrons. The molecule has 0 amide bonds. The van der Waals surface area contributed by atoms with Gasteiger partial charge < -0.3 is 9.47 Å². The van der Waals surface area contributed by atoms with Crippen LogP contribution in [0.2, 0.25) is 0 Å². The zero-order valence-electron chi connectivity index (χ0n) is 9.66. The Balaban J connectivity index is 2.34. The fourth-order valence-electron chi connectivity index (χ4n) is 1.67. The lowest BCUT2D eigenvalue weighted by Crippen LogP contribution is -2.23. The molecule has 0 aromatic rings. The summed E-state index contributed by atoms with van der Waals surface area (Å²) in [6, 6.07) is 0. The second-order valence-electron chi connectivity index (χ2n) is 3.78. The summed E-state index contributed by atoms with van der Waals surface area (Å²) in [5.74, 6) is -0.252. The molecule has 0 bridgehead atoms. The minimum Gasteiger partial charge on any atom is -0.466 e. The minimum atomic E-state index is -0.252. The van der Waals surface area contributed by atoms with Crippen LogP contribution in [-0.2, 0) is 14.3 Å². The van der Waals surface area contributed by atoms with E-state index in [1.165, 1.54) is 7.11 Å². The first-order chi connectivity index (χ1) is 7.17. The van der Waals surface area contributed by atoms with Gasteiger partial charge in [-0.1, -0.05) is 6.08 Å². The van der Waals surface area contributed by atoms with E-state index in [2.05, 4.69) is 9.64 Å². The SMILES string of the molecule is COC(=O)/C(C)=C\CN1CCC(OC)C1. The smallest absolute Gasteiger partial charge is 0.333 e. The first kappa shape index (κ1) is 12.2. The van der Waals surface area contributed by atoms with Crippen molar-refractivity contribution in [2.45, 2.75) is 19.4 Å². The summed E-state index contributed by atoms with van der Waals surface area (Å²) in [6.07, 6.45) is 3.32. The molecule has 1 heterocycles. The van der Waals surface area contributed by atoms with E-state index >= 15 is 0 Å². The Hall–Kier alpha value is -0.870. The zero-order chi connectivity index (χ0) is 11.3. The van der Waals surface area contributed by atoms with Gasteiger partial charge in [0.25, 0.3) is 0 Å². The van der Waals surface area contributed by atoms with Gasteiger partial charge in [0.2, 0.25) is 0 Å². The Morgan fingerprint density at radius 2 is 2.27 bits per heavy atom. The third-order valence-corrected chi connectivity index (χ3v) is 2.73. The molecule has 0 aromatic heterocycles. The van der Waals surface area contributed by atoms with Crippen LogP contribution < -0.4 is 0 Å². The van der Waals surface area contributed by atoms with Crippen molar-refractivity contribution in [2.24, 2.45) is 0 Å². The molecule has 0 spiro atoms. The molecule has 4 nitrogen and oxygen atoms in total. The van der Waals surface area contributed by atoms with E-state index in [1.807, 2.05) is 6.08 Å². The quantitative estimate of drug-likeness (QED) is 0.512. The van der Waals surface area contributed by atoms with Gasteiger partial charge in [0.15, 0.2) is 0 Å². The molecule has 1 fully saturated rings. The molecule has 1 rings (SSSR count). The summed E-state index contributed by atoms with van der Waals surface area (Å²) in [5.41, 5.74) is 0.665. The number of hydrogen-bond acceptors (Lipinski definition) is 4. The lowest BCUT2D eigenvalue weighted by Gasteiger charge is -2.13. The van der Waals surface area contributed by atoms with E-state index < -0.39 is 0 Å². The maximum absolute atomic E-state index is 11.1. The van der Waals surface area contributed by atoms with Crippen molar-refractivity contribution in [3.63, 3.8) is 0 Å². The molecule has 1 unspecified atom stereocenters. The van der Waals surface area contributed by atoms with Gasteiger partial charge in [0.1, 0.15) is 0 Å². The minimum absolute atomic E-state index is 0.252. The molecular weight excluding hydrogens is 194 g/mol. The number of rotatable bonds is 4. The topological polar surface area (TPSA) is 38.8 Å². The van der Waals surface area contributed by atoms with Crippen molar-refractivity contribution in [1.82, 2.24) is 4.90 Å². The average Bonchev–Trinajstić information content (AvgIpc) is 2.72. The number of carbonyl (C=O) groups excluding carboxylic acids is 1. The lowest BCUT2D eigenvalue weighted by molar-refractivity contribution is -0.136. The van der Waals surface area contributed by atoms with E-state index in [-0.39, 0.29) is 5.97 Å². The van der Waals surface area contributed by atoms with Crippen molar-refractivity contribution >= 4 is 5.97 Å². The molecule has 1 aliphatic rings. The van der Waals surface area contributed by atoms with Gasteiger partial charge in [-0.25, -0.2) is 4.79 Å². The Morgan fingerprint density at radius 3 is 2.80 bits per heavy atom. The van der Waals surface area contributed by atoms with E-state index in [0.717, 1.165) is 26.1 Å². The highest BCUT2D eigenvalue weighted by Gasteiger charge is 2.20. The fraction of sp³-hybridized carbons (Fsp3) is 0.727. The first-order valence-electron chi connectivity index (χ1n) is 5.17. The van der Waals surface area contributed by atoms with E-state index in [1.54, 1.807) is 14.0 Å². The second kappa shape index (κ2) is 5.88. The maximum atomic E-state index is 11.1. The van der Waals surface area contributed by atoms with Crippen LogP contribution in [0.5, 0.6) is 0 Å². The predicted molar refractivity (Wildman–Crippen MR) is 57.6 cm³/mol. The number of ether oxygens (including phenoxy) is 2. The Morgan fingerprint density at radius 1 is 1.53 bits per heavy atom. The van der Waals surface area contributed by atoms with Gasteiger partial charge >= 0.3 is 5.97 Å². The molecule has 4 heteroatoms. The van der Waals surface area contributed by atoms with Gasteiger partial charge in [-0.15, -0.1) is 0 Å². The van der Waals surface area contributed by atoms with Crippen LogP contribution in [0, 0.1) is 0 Å². The normalized spacial score (nSPS) is 23.1. The van der Waals surface area contributed by atoms with E-state index in [0.29, 0.717) is 11.7 Å². The van der Waals surface area contributed by atoms with E-state index in [9.17, 15) is 4.79 Å². The summed E-state index contributed by atoms with van der Waals surface area (Å²) in [5, 5.41) is 0. The molecule has 1 saturated heterocycles. The van der Waals surface area contributed by atoms with Crippen LogP contribution in [0.1, 0.15) is 13.3 Å². The summed E-state index contributed by atoms with van der Waals surface area (Å²) < 4.78 is 9.88. The molecule has 0 aliphatic carbocycles. The number of hydrogen-bond donors (Lipinski definition) is 0. The molecule has 0 N–H and O–H groups in total. The number of esters is 1. The predicted octanol–water partition coefficient (Wildman–Crippen LogP) is 0.826. The highest BCUT2D eigenvalue weighted by molar-refractivity contribution is 5.87. The van der Waals surface area contributed by atoms with Crippen LogP contribution in [0.25, 0.3) is 0 Å². The molecular formula is C11H19NO3. The summed E-state index contributed by atoms with van der Waals surface area (Å²) in [7, 11) is 3.14. The van der Waals surface area contributed by atoms with Gasteiger partial charge in [-0.3, -0.25) is 4.90 Å². The molecule has 15 heavy (non-hydrogen) atoms. The zero-order valence-corrected chi connectivity index (χ0v) is 9.66. The summed E-state index contributed by atoms with van der Waals surface area (Å²) >= 11 is 0. The number of methoxy groups -OCH3 is 2. The third kappa shape index (κ3) is 3.64. The van der Waals surface area contributed by atoms with E-state index in [4.69, 9.17) is 4.74 Å². The van der Waals surface area contributed by atoms with Gasteiger partial charge in [0.05, 0.1) is 13.2 Å². The highest BCUT2D eigenvalue weighted by atomic mass is 16.5. The first-order valence-corrected chi connectivity index (χ1v) is 5.17. The van der Waals surface area contributed by atoms with Crippen LogP contribution >= 0.6 is 0 Å². The highest BCUT2D eigenvalue weighted by Crippen LogP contribution is 2.11. The molecule has 86 valence electrons. The van der Waals surface area contributed by atoms with Crippen LogP contribution in [0.3, 0.4) is 0 Å². The monoisotopic (exact) mass is 213 g/mol. The van der Waals surface area contributed by atoms with Gasteiger partial charge in [0, 0.05) is 32.3 Å². The van der Waals surface area contributed by atoms with Crippen molar-refractivity contribution in [2.75, 3.05) is 33.9 Å². The molecule has 1 atom stereocenters. The Bertz CT molecular complexity index is 250.